The predicted octanol–water partition coefficient (Wildman–Crippen LogP) is 3.92. The first-order valence-corrected chi connectivity index (χ1v) is 9.01. The van der Waals surface area contributed by atoms with E-state index in [4.69, 9.17) is 9.47 Å². The SMILES string of the molecule is COc1cc2c(c(OC)c1)[C@H]1CC[C@]3(C)[C@@H](O)CC[C@H]3[C@@H]1CC2. The second-order valence-electron chi connectivity index (χ2n) is 7.96. The molecule has 3 aliphatic carbocycles. The lowest BCUT2D eigenvalue weighted by Gasteiger charge is -2.50. The molecule has 0 aliphatic heterocycles. The van der Waals surface area contributed by atoms with Crippen LogP contribution in [0.5, 0.6) is 11.5 Å². The zero-order chi connectivity index (χ0) is 16.2. The molecule has 126 valence electrons. The molecule has 0 spiro atoms. The van der Waals surface area contributed by atoms with Gasteiger partial charge in [0.1, 0.15) is 11.5 Å². The summed E-state index contributed by atoms with van der Waals surface area (Å²) in [5.74, 6) is 3.84. The van der Waals surface area contributed by atoms with Gasteiger partial charge in [-0.15, -0.1) is 0 Å². The number of hydrogen-bond acceptors (Lipinski definition) is 3. The van der Waals surface area contributed by atoms with E-state index < -0.39 is 0 Å². The van der Waals surface area contributed by atoms with Gasteiger partial charge in [-0.25, -0.2) is 0 Å². The Morgan fingerprint density at radius 2 is 1.91 bits per heavy atom. The molecule has 0 radical (unpaired) electrons. The molecular weight excluding hydrogens is 288 g/mol. The lowest BCUT2D eigenvalue weighted by Crippen LogP contribution is -2.44. The van der Waals surface area contributed by atoms with E-state index in [9.17, 15) is 5.11 Å². The molecule has 0 amide bonds. The topological polar surface area (TPSA) is 38.7 Å². The van der Waals surface area contributed by atoms with Gasteiger partial charge in [-0.05, 0) is 73.3 Å². The molecule has 2 fully saturated rings. The molecule has 3 aliphatic rings. The fourth-order valence-electron chi connectivity index (χ4n) is 5.91. The minimum Gasteiger partial charge on any atom is -0.497 e. The van der Waals surface area contributed by atoms with E-state index in [0.29, 0.717) is 17.8 Å². The van der Waals surface area contributed by atoms with E-state index in [0.717, 1.165) is 30.8 Å². The molecule has 23 heavy (non-hydrogen) atoms. The van der Waals surface area contributed by atoms with Gasteiger partial charge >= 0.3 is 0 Å². The minimum absolute atomic E-state index is 0.104. The number of benzene rings is 1. The van der Waals surface area contributed by atoms with Gasteiger partial charge in [0.2, 0.25) is 0 Å². The van der Waals surface area contributed by atoms with E-state index in [1.165, 1.54) is 30.4 Å². The third kappa shape index (κ3) is 2.12. The Morgan fingerprint density at radius 1 is 1.09 bits per heavy atom. The summed E-state index contributed by atoms with van der Waals surface area (Å²) in [5, 5.41) is 10.5. The predicted molar refractivity (Wildman–Crippen MR) is 90.2 cm³/mol. The molecule has 1 N–H and O–H groups in total. The molecule has 3 nitrogen and oxygen atoms in total. The van der Waals surface area contributed by atoms with Crippen molar-refractivity contribution in [3.63, 3.8) is 0 Å². The number of aryl methyl sites for hydroxylation is 1. The van der Waals surface area contributed by atoms with Crippen LogP contribution in [0.3, 0.4) is 0 Å². The van der Waals surface area contributed by atoms with Crippen LogP contribution in [-0.4, -0.2) is 25.4 Å². The van der Waals surface area contributed by atoms with Crippen LogP contribution < -0.4 is 9.47 Å². The minimum atomic E-state index is -0.104. The number of hydrogen-bond donors (Lipinski definition) is 1. The van der Waals surface area contributed by atoms with Gasteiger partial charge in [0.05, 0.1) is 20.3 Å². The van der Waals surface area contributed by atoms with Crippen molar-refractivity contribution in [2.24, 2.45) is 17.3 Å². The van der Waals surface area contributed by atoms with E-state index in [1.54, 1.807) is 14.2 Å². The summed E-state index contributed by atoms with van der Waals surface area (Å²) in [4.78, 5) is 0. The smallest absolute Gasteiger partial charge is 0.126 e. The molecule has 4 rings (SSSR count). The molecular formula is C20H28O3. The van der Waals surface area contributed by atoms with E-state index in [-0.39, 0.29) is 11.5 Å². The average molecular weight is 316 g/mol. The van der Waals surface area contributed by atoms with Crippen molar-refractivity contribution in [1.29, 1.82) is 0 Å². The first kappa shape index (κ1) is 15.3. The largest absolute Gasteiger partial charge is 0.497 e. The van der Waals surface area contributed by atoms with Crippen LogP contribution in [-0.2, 0) is 6.42 Å². The fraction of sp³-hybridized carbons (Fsp3) is 0.700. The van der Waals surface area contributed by atoms with E-state index in [2.05, 4.69) is 13.0 Å². The average Bonchev–Trinajstić information content (AvgIpc) is 2.88. The maximum absolute atomic E-state index is 10.5. The first-order chi connectivity index (χ1) is 11.1. The van der Waals surface area contributed by atoms with Crippen LogP contribution in [0.15, 0.2) is 12.1 Å². The number of methoxy groups -OCH3 is 2. The zero-order valence-corrected chi connectivity index (χ0v) is 14.5. The first-order valence-electron chi connectivity index (χ1n) is 9.01. The molecule has 3 heteroatoms. The van der Waals surface area contributed by atoms with Crippen LogP contribution >= 0.6 is 0 Å². The van der Waals surface area contributed by atoms with Gasteiger partial charge in [0, 0.05) is 11.6 Å². The Labute approximate surface area is 139 Å². The zero-order valence-electron chi connectivity index (χ0n) is 14.5. The molecule has 0 saturated heterocycles. The van der Waals surface area contributed by atoms with Crippen molar-refractivity contribution in [1.82, 2.24) is 0 Å². The van der Waals surface area contributed by atoms with Crippen molar-refractivity contribution in [2.45, 2.75) is 57.5 Å². The van der Waals surface area contributed by atoms with Gasteiger partial charge < -0.3 is 14.6 Å². The van der Waals surface area contributed by atoms with Gasteiger partial charge in [0.15, 0.2) is 0 Å². The van der Waals surface area contributed by atoms with Gasteiger partial charge in [-0.2, -0.15) is 0 Å². The van der Waals surface area contributed by atoms with Crippen molar-refractivity contribution in [2.75, 3.05) is 14.2 Å². The number of aliphatic hydroxyl groups excluding tert-OH is 1. The number of aliphatic hydroxyl groups is 1. The lowest BCUT2D eigenvalue weighted by atomic mass is 9.55. The van der Waals surface area contributed by atoms with Crippen molar-refractivity contribution < 1.29 is 14.6 Å². The maximum atomic E-state index is 10.5. The highest BCUT2D eigenvalue weighted by Crippen LogP contribution is 2.62. The Bertz CT molecular complexity index is 594. The third-order valence-corrected chi connectivity index (χ3v) is 7.16. The monoisotopic (exact) mass is 316 g/mol. The van der Waals surface area contributed by atoms with Crippen LogP contribution in [0.25, 0.3) is 0 Å². The number of ether oxygens (including phenoxy) is 2. The van der Waals surface area contributed by atoms with Crippen LogP contribution in [0.4, 0.5) is 0 Å². The quantitative estimate of drug-likeness (QED) is 0.899. The standard InChI is InChI=1S/C20H28O3/c1-20-9-8-15-14(16(20)6-7-18(20)21)5-4-12-10-13(22-2)11-17(23-3)19(12)15/h10-11,14-16,18,21H,4-9H2,1-3H3/t14-,15+,16+,18+,20+/m1/s1. The summed E-state index contributed by atoms with van der Waals surface area (Å²) >= 11 is 0. The van der Waals surface area contributed by atoms with Crippen LogP contribution in [0.1, 0.15) is 56.1 Å². The highest BCUT2D eigenvalue weighted by Gasteiger charge is 2.54. The van der Waals surface area contributed by atoms with Crippen molar-refractivity contribution in [3.05, 3.63) is 23.3 Å². The van der Waals surface area contributed by atoms with Crippen LogP contribution in [0, 0.1) is 17.3 Å². The van der Waals surface area contributed by atoms with Crippen molar-refractivity contribution >= 4 is 0 Å². The van der Waals surface area contributed by atoms with Gasteiger partial charge in [0.25, 0.3) is 0 Å². The van der Waals surface area contributed by atoms with Gasteiger partial charge in [-0.1, -0.05) is 6.92 Å². The molecule has 0 heterocycles. The second-order valence-corrected chi connectivity index (χ2v) is 7.96. The van der Waals surface area contributed by atoms with Crippen LogP contribution in [0.2, 0.25) is 0 Å². The number of fused-ring (bicyclic) bond motifs is 5. The van der Waals surface area contributed by atoms with Crippen molar-refractivity contribution in [3.8, 4) is 11.5 Å². The highest BCUT2D eigenvalue weighted by atomic mass is 16.5. The molecule has 0 aromatic heterocycles. The summed E-state index contributed by atoms with van der Waals surface area (Å²) in [7, 11) is 3.49. The molecule has 2 saturated carbocycles. The Hall–Kier alpha value is -1.22. The Balaban J connectivity index is 1.75. The fourth-order valence-corrected chi connectivity index (χ4v) is 5.91. The lowest BCUT2D eigenvalue weighted by molar-refractivity contribution is -0.0229. The third-order valence-electron chi connectivity index (χ3n) is 7.16. The molecule has 1 aromatic carbocycles. The summed E-state index contributed by atoms with van der Waals surface area (Å²) < 4.78 is 11.2. The maximum Gasteiger partial charge on any atom is 0.126 e. The highest BCUT2D eigenvalue weighted by molar-refractivity contribution is 5.50. The van der Waals surface area contributed by atoms with E-state index in [1.807, 2.05) is 6.07 Å². The summed E-state index contributed by atoms with van der Waals surface area (Å²) in [6, 6.07) is 4.24. The molecule has 0 unspecified atom stereocenters. The molecule has 1 aromatic rings. The summed E-state index contributed by atoms with van der Waals surface area (Å²) in [6.45, 7) is 2.33. The Kier molecular flexibility index (Phi) is 3.60. The molecule has 5 atom stereocenters. The van der Waals surface area contributed by atoms with Gasteiger partial charge in [-0.3, -0.25) is 0 Å². The molecule has 0 bridgehead atoms. The summed E-state index contributed by atoms with van der Waals surface area (Å²) in [5.41, 5.74) is 2.97. The second kappa shape index (κ2) is 5.41. The van der Waals surface area contributed by atoms with E-state index >= 15 is 0 Å². The number of rotatable bonds is 2. The normalized spacial score (nSPS) is 38.4. The Morgan fingerprint density at radius 3 is 2.65 bits per heavy atom. The summed E-state index contributed by atoms with van der Waals surface area (Å²) in [6.07, 6.45) is 6.71.